The molecule has 1 aromatic rings. The summed E-state index contributed by atoms with van der Waals surface area (Å²) in [5.41, 5.74) is 5.79. The van der Waals surface area contributed by atoms with Crippen LogP contribution in [0.4, 0.5) is 14.5 Å². The van der Waals surface area contributed by atoms with Crippen molar-refractivity contribution < 1.29 is 13.6 Å². The van der Waals surface area contributed by atoms with Gasteiger partial charge >= 0.3 is 0 Å². The molecule has 76 valence electrons. The van der Waals surface area contributed by atoms with Gasteiger partial charge in [-0.05, 0) is 24.6 Å². The average molecular weight is 199 g/mol. The molecule has 0 amide bonds. The van der Waals surface area contributed by atoms with Crippen LogP contribution in [0.25, 0.3) is 0 Å². The summed E-state index contributed by atoms with van der Waals surface area (Å²) in [7, 11) is 0. The molecule has 14 heavy (non-hydrogen) atoms. The molecule has 0 saturated carbocycles. The van der Waals surface area contributed by atoms with Crippen molar-refractivity contribution in [2.45, 2.75) is 19.8 Å². The number of carbonyl (C=O) groups is 1. The summed E-state index contributed by atoms with van der Waals surface area (Å²) in [6, 6.07) is 4.27. The highest BCUT2D eigenvalue weighted by atomic mass is 19.3. The summed E-state index contributed by atoms with van der Waals surface area (Å²) >= 11 is 0. The minimum atomic E-state index is -2.60. The normalized spacial score (nSPS) is 10.6. The van der Waals surface area contributed by atoms with Crippen LogP contribution < -0.4 is 5.73 Å². The number of rotatable bonds is 3. The number of alkyl halides is 2. The number of anilines is 1. The number of carbonyl (C=O) groups excluding carboxylic acids is 1. The molecule has 1 rings (SSSR count). The van der Waals surface area contributed by atoms with Crippen LogP contribution in [0.15, 0.2) is 18.2 Å². The third kappa shape index (κ3) is 2.52. The summed E-state index contributed by atoms with van der Waals surface area (Å²) < 4.78 is 24.8. The Labute approximate surface area is 80.7 Å². The van der Waals surface area contributed by atoms with Crippen LogP contribution in [0.3, 0.4) is 0 Å². The number of halogens is 2. The Morgan fingerprint density at radius 2 is 2.14 bits per heavy atom. The van der Waals surface area contributed by atoms with Crippen LogP contribution in [0.1, 0.15) is 24.5 Å². The van der Waals surface area contributed by atoms with E-state index >= 15 is 0 Å². The lowest BCUT2D eigenvalue weighted by Crippen LogP contribution is -2.00. The molecule has 0 aliphatic carbocycles. The maximum Gasteiger partial charge on any atom is 0.265 e. The third-order valence-electron chi connectivity index (χ3n) is 1.84. The van der Waals surface area contributed by atoms with Gasteiger partial charge in [0.15, 0.2) is 0 Å². The summed E-state index contributed by atoms with van der Waals surface area (Å²) in [4.78, 5) is 10.8. The van der Waals surface area contributed by atoms with E-state index in [9.17, 15) is 13.6 Å². The van der Waals surface area contributed by atoms with Crippen molar-refractivity contribution in [1.82, 2.24) is 0 Å². The van der Waals surface area contributed by atoms with Gasteiger partial charge in [-0.1, -0.05) is 6.07 Å². The smallest absolute Gasteiger partial charge is 0.265 e. The van der Waals surface area contributed by atoms with Gasteiger partial charge in [-0.3, -0.25) is 4.79 Å². The minimum absolute atomic E-state index is 0.0602. The average Bonchev–Trinajstić information content (AvgIpc) is 2.07. The standard InChI is InChI=1S/C10H11F2NO/c1-6(14)4-7-2-3-9(13)8(5-7)10(11)12/h2-3,5,10H,4,13H2,1H3. The van der Waals surface area contributed by atoms with Crippen molar-refractivity contribution >= 4 is 11.5 Å². The molecule has 0 bridgehead atoms. The SMILES string of the molecule is CC(=O)Cc1ccc(N)c(C(F)F)c1. The predicted molar refractivity (Wildman–Crippen MR) is 50.2 cm³/mol. The Hall–Kier alpha value is -1.45. The maximum absolute atomic E-state index is 12.4. The molecule has 0 aliphatic heterocycles. The molecular formula is C10H11F2NO. The topological polar surface area (TPSA) is 43.1 Å². The zero-order valence-electron chi connectivity index (χ0n) is 7.76. The second-order valence-corrected chi connectivity index (χ2v) is 3.14. The molecule has 0 aliphatic rings. The van der Waals surface area contributed by atoms with E-state index in [2.05, 4.69) is 0 Å². The van der Waals surface area contributed by atoms with Crippen molar-refractivity contribution in [3.05, 3.63) is 29.3 Å². The number of benzene rings is 1. The van der Waals surface area contributed by atoms with Crippen LogP contribution >= 0.6 is 0 Å². The zero-order chi connectivity index (χ0) is 10.7. The fraction of sp³-hybridized carbons (Fsp3) is 0.300. The van der Waals surface area contributed by atoms with E-state index < -0.39 is 6.43 Å². The first-order valence-electron chi connectivity index (χ1n) is 4.16. The Bertz CT molecular complexity index is 350. The van der Waals surface area contributed by atoms with E-state index in [1.54, 1.807) is 6.07 Å². The largest absolute Gasteiger partial charge is 0.398 e. The molecule has 0 radical (unpaired) electrons. The van der Waals surface area contributed by atoms with Crippen molar-refractivity contribution in [3.63, 3.8) is 0 Å². The predicted octanol–water partition coefficient (Wildman–Crippen LogP) is 2.34. The number of Topliss-reactive ketones (excluding diaryl/α,β-unsaturated/α-hetero) is 1. The molecule has 1 aromatic carbocycles. The van der Waals surface area contributed by atoms with Gasteiger partial charge in [-0.2, -0.15) is 0 Å². The van der Waals surface area contributed by atoms with Crippen LogP contribution in [0.2, 0.25) is 0 Å². The lowest BCUT2D eigenvalue weighted by molar-refractivity contribution is -0.116. The Morgan fingerprint density at radius 1 is 1.50 bits per heavy atom. The number of nitrogen functional groups attached to an aromatic ring is 1. The van der Waals surface area contributed by atoms with E-state index in [1.807, 2.05) is 0 Å². The quantitative estimate of drug-likeness (QED) is 0.759. The van der Waals surface area contributed by atoms with Gasteiger partial charge in [-0.15, -0.1) is 0 Å². The van der Waals surface area contributed by atoms with Crippen LogP contribution in [0, 0.1) is 0 Å². The molecule has 0 fully saturated rings. The van der Waals surface area contributed by atoms with Crippen molar-refractivity contribution in [2.24, 2.45) is 0 Å². The van der Waals surface area contributed by atoms with Gasteiger partial charge in [0.25, 0.3) is 6.43 Å². The lowest BCUT2D eigenvalue weighted by Gasteiger charge is -2.06. The van der Waals surface area contributed by atoms with Crippen LogP contribution in [0.5, 0.6) is 0 Å². The van der Waals surface area contributed by atoms with Gasteiger partial charge in [-0.25, -0.2) is 8.78 Å². The first kappa shape index (κ1) is 10.6. The third-order valence-corrected chi connectivity index (χ3v) is 1.84. The Balaban J connectivity index is 3.00. The summed E-state index contributed by atoms with van der Waals surface area (Å²) in [5, 5.41) is 0. The fourth-order valence-electron chi connectivity index (χ4n) is 1.21. The fourth-order valence-corrected chi connectivity index (χ4v) is 1.21. The molecule has 0 saturated heterocycles. The second kappa shape index (κ2) is 4.17. The lowest BCUT2D eigenvalue weighted by atomic mass is 10.1. The molecule has 2 N–H and O–H groups in total. The molecule has 2 nitrogen and oxygen atoms in total. The molecule has 0 unspecified atom stereocenters. The highest BCUT2D eigenvalue weighted by Gasteiger charge is 2.12. The van der Waals surface area contributed by atoms with Gasteiger partial charge < -0.3 is 5.73 Å². The molecular weight excluding hydrogens is 188 g/mol. The second-order valence-electron chi connectivity index (χ2n) is 3.14. The first-order valence-corrected chi connectivity index (χ1v) is 4.16. The van der Waals surface area contributed by atoms with Crippen LogP contribution in [-0.4, -0.2) is 5.78 Å². The highest BCUT2D eigenvalue weighted by molar-refractivity contribution is 5.78. The molecule has 0 heterocycles. The zero-order valence-corrected chi connectivity index (χ0v) is 7.76. The Kier molecular flexibility index (Phi) is 3.17. The van der Waals surface area contributed by atoms with E-state index in [0.717, 1.165) is 0 Å². The van der Waals surface area contributed by atoms with Gasteiger partial charge in [0.05, 0.1) is 0 Å². The molecule has 0 aromatic heterocycles. The summed E-state index contributed by atoms with van der Waals surface area (Å²) in [6.45, 7) is 1.42. The van der Waals surface area contributed by atoms with E-state index in [-0.39, 0.29) is 23.5 Å². The summed E-state index contributed by atoms with van der Waals surface area (Å²) in [6.07, 6.45) is -2.43. The first-order chi connectivity index (χ1) is 6.50. The minimum Gasteiger partial charge on any atom is -0.398 e. The molecule has 4 heteroatoms. The van der Waals surface area contributed by atoms with E-state index in [1.165, 1.54) is 19.1 Å². The van der Waals surface area contributed by atoms with Crippen molar-refractivity contribution in [1.29, 1.82) is 0 Å². The highest BCUT2D eigenvalue weighted by Crippen LogP contribution is 2.25. The van der Waals surface area contributed by atoms with Gasteiger partial charge in [0.1, 0.15) is 5.78 Å². The number of nitrogens with two attached hydrogens (primary N) is 1. The summed E-state index contributed by atoms with van der Waals surface area (Å²) in [5.74, 6) is -0.0602. The van der Waals surface area contributed by atoms with Crippen molar-refractivity contribution in [3.8, 4) is 0 Å². The molecule has 0 spiro atoms. The van der Waals surface area contributed by atoms with Crippen LogP contribution in [-0.2, 0) is 11.2 Å². The van der Waals surface area contributed by atoms with Gasteiger partial charge in [0.2, 0.25) is 0 Å². The Morgan fingerprint density at radius 3 is 2.64 bits per heavy atom. The van der Waals surface area contributed by atoms with Crippen molar-refractivity contribution in [2.75, 3.05) is 5.73 Å². The number of hydrogen-bond donors (Lipinski definition) is 1. The number of ketones is 1. The van der Waals surface area contributed by atoms with E-state index in [0.29, 0.717) is 5.56 Å². The number of hydrogen-bond acceptors (Lipinski definition) is 2. The maximum atomic E-state index is 12.4. The molecule has 0 atom stereocenters. The van der Waals surface area contributed by atoms with Gasteiger partial charge in [0, 0.05) is 17.7 Å². The van der Waals surface area contributed by atoms with E-state index in [4.69, 9.17) is 5.73 Å². The monoisotopic (exact) mass is 199 g/mol.